The number of carbonyl (C=O) groups is 3. The first-order valence-corrected chi connectivity index (χ1v) is 12.9. The van der Waals surface area contributed by atoms with Gasteiger partial charge in [-0.3, -0.25) is 9.59 Å². The maximum Gasteiger partial charge on any atom is 0.410 e. The lowest BCUT2D eigenvalue weighted by atomic mass is 10.1. The van der Waals surface area contributed by atoms with Crippen molar-refractivity contribution in [3.05, 3.63) is 33.9 Å². The fraction of sp³-hybridized carbons (Fsp3) is 0.654. The summed E-state index contributed by atoms with van der Waals surface area (Å²) in [6.45, 7) is 10.3. The van der Waals surface area contributed by atoms with Crippen molar-refractivity contribution in [2.24, 2.45) is 5.16 Å². The predicted octanol–water partition coefficient (Wildman–Crippen LogP) is 2.72. The third-order valence-electron chi connectivity index (χ3n) is 6.06. The number of ether oxygens (including phenoxy) is 1. The molecule has 3 heterocycles. The molecule has 1 N–H and O–H groups in total. The van der Waals surface area contributed by atoms with Crippen molar-refractivity contribution in [2.75, 3.05) is 26.2 Å². The zero-order valence-electron chi connectivity index (χ0n) is 22.4. The van der Waals surface area contributed by atoms with E-state index in [1.54, 1.807) is 33.8 Å². The molecule has 2 aliphatic heterocycles. The number of nitrogens with one attached hydrogen (secondary N) is 1. The van der Waals surface area contributed by atoms with E-state index in [2.05, 4.69) is 17.4 Å². The number of unbranched alkanes of at least 4 members (excludes halogenated alkanes) is 2. The highest BCUT2D eigenvalue weighted by Gasteiger charge is 2.42. The van der Waals surface area contributed by atoms with Crippen molar-refractivity contribution >= 4 is 23.6 Å². The number of oxime groups is 1. The Morgan fingerprint density at radius 1 is 1.16 bits per heavy atom. The van der Waals surface area contributed by atoms with Gasteiger partial charge in [-0.2, -0.15) is 0 Å². The third kappa shape index (κ3) is 7.56. The molecule has 3 rings (SSSR count). The van der Waals surface area contributed by atoms with Gasteiger partial charge in [0, 0.05) is 25.9 Å². The van der Waals surface area contributed by atoms with Gasteiger partial charge in [-0.1, -0.05) is 24.9 Å². The highest BCUT2D eigenvalue weighted by atomic mass is 16.6. The summed E-state index contributed by atoms with van der Waals surface area (Å²) in [7, 11) is 0. The Bertz CT molecular complexity index is 1070. The first-order valence-electron chi connectivity index (χ1n) is 12.9. The number of rotatable bonds is 9. The SMILES string of the molecule is CCCCCc1ccc(C(=O)N2CC(=NOCC)C[C@H]2C(=O)NC2CN(C(=O)OC(C)(C)C)C2)c(=O)o1. The number of amides is 3. The molecule has 0 saturated carbocycles. The van der Waals surface area contributed by atoms with Crippen molar-refractivity contribution in [1.29, 1.82) is 0 Å². The molecule has 204 valence electrons. The molecule has 11 nitrogen and oxygen atoms in total. The Morgan fingerprint density at radius 3 is 2.51 bits per heavy atom. The first kappa shape index (κ1) is 28.2. The fourth-order valence-corrected chi connectivity index (χ4v) is 4.17. The molecule has 1 atom stereocenters. The molecule has 0 radical (unpaired) electrons. The van der Waals surface area contributed by atoms with E-state index in [1.165, 1.54) is 15.9 Å². The molecule has 2 aliphatic rings. The summed E-state index contributed by atoms with van der Waals surface area (Å²) in [5, 5.41) is 6.93. The number of likely N-dealkylation sites (tertiary alicyclic amines) is 2. The van der Waals surface area contributed by atoms with Crippen molar-refractivity contribution in [3.63, 3.8) is 0 Å². The smallest absolute Gasteiger partial charge is 0.410 e. The van der Waals surface area contributed by atoms with Crippen molar-refractivity contribution in [2.45, 2.75) is 84.4 Å². The Hall–Kier alpha value is -3.37. The van der Waals surface area contributed by atoms with Gasteiger partial charge in [0.2, 0.25) is 5.91 Å². The highest BCUT2D eigenvalue weighted by molar-refractivity contribution is 6.05. The zero-order chi connectivity index (χ0) is 27.2. The van der Waals surface area contributed by atoms with Crippen LogP contribution in [0.2, 0.25) is 0 Å². The van der Waals surface area contributed by atoms with Crippen molar-refractivity contribution in [1.82, 2.24) is 15.1 Å². The molecule has 0 spiro atoms. The topological polar surface area (TPSA) is 131 Å². The van der Waals surface area contributed by atoms with E-state index in [9.17, 15) is 19.2 Å². The summed E-state index contributed by atoms with van der Waals surface area (Å²) in [6.07, 6.45) is 3.33. The van der Waals surface area contributed by atoms with Crippen molar-refractivity contribution in [3.8, 4) is 0 Å². The number of hydrogen-bond donors (Lipinski definition) is 1. The number of hydrogen-bond acceptors (Lipinski definition) is 8. The van der Waals surface area contributed by atoms with Gasteiger partial charge in [0.1, 0.15) is 29.6 Å². The second-order valence-electron chi connectivity index (χ2n) is 10.4. The molecule has 11 heteroatoms. The van der Waals surface area contributed by atoms with Gasteiger partial charge < -0.3 is 29.1 Å². The minimum Gasteiger partial charge on any atom is -0.444 e. The molecular formula is C26H38N4O7. The zero-order valence-corrected chi connectivity index (χ0v) is 22.4. The van der Waals surface area contributed by atoms with Gasteiger partial charge in [-0.05, 0) is 46.2 Å². The van der Waals surface area contributed by atoms with Crippen LogP contribution in [0.4, 0.5) is 4.79 Å². The van der Waals surface area contributed by atoms with Gasteiger partial charge in [0.15, 0.2) is 0 Å². The summed E-state index contributed by atoms with van der Waals surface area (Å²) in [5.74, 6) is -0.451. The van der Waals surface area contributed by atoms with Gasteiger partial charge in [0.25, 0.3) is 5.91 Å². The minimum absolute atomic E-state index is 0.0588. The highest BCUT2D eigenvalue weighted by Crippen LogP contribution is 2.21. The number of carbonyl (C=O) groups excluding carboxylic acids is 3. The Kier molecular flexibility index (Phi) is 9.34. The van der Waals surface area contributed by atoms with Crippen molar-refractivity contribution < 1.29 is 28.4 Å². The molecular weight excluding hydrogens is 480 g/mol. The van der Waals surface area contributed by atoms with Crippen LogP contribution in [0.25, 0.3) is 0 Å². The summed E-state index contributed by atoms with van der Waals surface area (Å²) in [4.78, 5) is 59.3. The lowest BCUT2D eigenvalue weighted by Gasteiger charge is -2.40. The van der Waals surface area contributed by atoms with Crippen LogP contribution < -0.4 is 10.9 Å². The maximum atomic E-state index is 13.3. The van der Waals surface area contributed by atoms with Gasteiger partial charge >= 0.3 is 11.7 Å². The van der Waals surface area contributed by atoms with E-state index < -0.39 is 29.3 Å². The van der Waals surface area contributed by atoms with E-state index in [0.29, 0.717) is 37.6 Å². The van der Waals surface area contributed by atoms with Crippen LogP contribution in [0.3, 0.4) is 0 Å². The van der Waals surface area contributed by atoms with Crippen LogP contribution in [0, 0.1) is 0 Å². The molecule has 2 saturated heterocycles. The monoisotopic (exact) mass is 518 g/mol. The summed E-state index contributed by atoms with van der Waals surface area (Å²) in [6, 6.07) is 1.97. The molecule has 0 aromatic carbocycles. The average Bonchev–Trinajstić information content (AvgIpc) is 3.22. The third-order valence-corrected chi connectivity index (χ3v) is 6.06. The number of nitrogens with zero attached hydrogens (tertiary/aromatic N) is 3. The minimum atomic E-state index is -0.870. The fourth-order valence-electron chi connectivity index (χ4n) is 4.17. The standard InChI is InChI=1S/C26H38N4O7/c1-6-8-9-10-19-11-12-20(24(33)36-19)23(32)30-16-17(28-35-7-2)13-21(30)22(31)27-18-14-29(15-18)25(34)37-26(3,4)5/h11-12,18,21H,6-10,13-16H2,1-5H3,(H,27,31)/t21-/m0/s1. The van der Waals surface area contributed by atoms with Crippen LogP contribution in [0.5, 0.6) is 0 Å². The lowest BCUT2D eigenvalue weighted by Crippen LogP contribution is -2.63. The molecule has 0 bridgehead atoms. The summed E-state index contributed by atoms with van der Waals surface area (Å²) < 4.78 is 10.7. The molecule has 0 aliphatic carbocycles. The van der Waals surface area contributed by atoms with E-state index in [-0.39, 0.29) is 30.5 Å². The summed E-state index contributed by atoms with van der Waals surface area (Å²) >= 11 is 0. The second-order valence-corrected chi connectivity index (χ2v) is 10.4. The molecule has 2 fully saturated rings. The van der Waals surface area contributed by atoms with E-state index in [0.717, 1.165) is 19.3 Å². The van der Waals surface area contributed by atoms with Gasteiger partial charge in [0.05, 0.1) is 18.3 Å². The maximum absolute atomic E-state index is 13.3. The van der Waals surface area contributed by atoms with Crippen LogP contribution in [0.1, 0.15) is 76.4 Å². The molecule has 1 aromatic rings. The molecule has 0 unspecified atom stereocenters. The van der Waals surface area contributed by atoms with E-state index in [4.69, 9.17) is 14.0 Å². The lowest BCUT2D eigenvalue weighted by molar-refractivity contribution is -0.126. The normalized spacial score (nSPS) is 19.1. The quantitative estimate of drug-likeness (QED) is 0.393. The van der Waals surface area contributed by atoms with Gasteiger partial charge in [-0.25, -0.2) is 9.59 Å². The Balaban J connectivity index is 1.68. The van der Waals surface area contributed by atoms with E-state index in [1.807, 2.05) is 0 Å². The molecule has 3 amide bonds. The largest absolute Gasteiger partial charge is 0.444 e. The summed E-state index contributed by atoms with van der Waals surface area (Å²) in [5.41, 5.74) is -0.929. The average molecular weight is 519 g/mol. The van der Waals surface area contributed by atoms with Gasteiger partial charge in [-0.15, -0.1) is 0 Å². The van der Waals surface area contributed by atoms with Crippen LogP contribution in [-0.2, 0) is 20.8 Å². The van der Waals surface area contributed by atoms with Crippen LogP contribution in [0.15, 0.2) is 26.5 Å². The first-order chi connectivity index (χ1) is 17.5. The van der Waals surface area contributed by atoms with Crippen LogP contribution >= 0.6 is 0 Å². The number of aryl methyl sites for hydroxylation is 1. The Labute approximate surface area is 217 Å². The molecule has 1 aromatic heterocycles. The molecule has 37 heavy (non-hydrogen) atoms. The predicted molar refractivity (Wildman–Crippen MR) is 136 cm³/mol. The van der Waals surface area contributed by atoms with E-state index >= 15 is 0 Å². The Morgan fingerprint density at radius 2 is 1.89 bits per heavy atom. The van der Waals surface area contributed by atoms with Crippen LogP contribution in [-0.4, -0.2) is 77.3 Å². The second kappa shape index (κ2) is 12.2.